The third-order valence-corrected chi connectivity index (χ3v) is 4.07. The molecule has 0 bridgehead atoms. The summed E-state index contributed by atoms with van der Waals surface area (Å²) in [5, 5.41) is 15.0. The van der Waals surface area contributed by atoms with E-state index >= 15 is 0 Å². The summed E-state index contributed by atoms with van der Waals surface area (Å²) in [5.74, 6) is 0. The number of nitro groups is 1. The monoisotopic (exact) mass is 277 g/mol. The Morgan fingerprint density at radius 3 is 2.84 bits per heavy atom. The third-order valence-electron chi connectivity index (χ3n) is 2.92. The van der Waals surface area contributed by atoms with Crippen molar-refractivity contribution >= 4 is 17.0 Å². The predicted octanol–water partition coefficient (Wildman–Crippen LogP) is 3.31. The van der Waals surface area contributed by atoms with Gasteiger partial charge in [0, 0.05) is 28.6 Å². The average Bonchev–Trinajstić information content (AvgIpc) is 2.80. The van der Waals surface area contributed by atoms with Crippen LogP contribution in [-0.4, -0.2) is 17.0 Å². The lowest BCUT2D eigenvalue weighted by molar-refractivity contribution is -0.384. The molecule has 0 saturated carbocycles. The number of hydrogen-bond acceptors (Lipinski definition) is 5. The lowest BCUT2D eigenvalue weighted by Gasteiger charge is -2.09. The number of thiazole rings is 1. The molecule has 100 valence electrons. The van der Waals surface area contributed by atoms with Crippen LogP contribution in [0.1, 0.15) is 22.9 Å². The van der Waals surface area contributed by atoms with Crippen LogP contribution >= 0.6 is 11.3 Å². The molecule has 6 heteroatoms. The number of aryl methyl sites for hydroxylation is 1. The number of rotatable bonds is 4. The van der Waals surface area contributed by atoms with Crippen molar-refractivity contribution in [3.8, 4) is 11.3 Å². The van der Waals surface area contributed by atoms with Crippen molar-refractivity contribution < 1.29 is 4.92 Å². The van der Waals surface area contributed by atoms with Gasteiger partial charge in [0.05, 0.1) is 15.6 Å². The first kappa shape index (κ1) is 13.6. The van der Waals surface area contributed by atoms with E-state index < -0.39 is 0 Å². The van der Waals surface area contributed by atoms with Gasteiger partial charge >= 0.3 is 0 Å². The highest BCUT2D eigenvalue weighted by Crippen LogP contribution is 2.33. The fourth-order valence-electron chi connectivity index (χ4n) is 1.84. The van der Waals surface area contributed by atoms with Gasteiger partial charge in [-0.1, -0.05) is 12.1 Å². The van der Waals surface area contributed by atoms with Gasteiger partial charge in [-0.25, -0.2) is 4.98 Å². The Bertz CT molecular complexity index is 610. The molecule has 1 aromatic heterocycles. The molecule has 19 heavy (non-hydrogen) atoms. The van der Waals surface area contributed by atoms with Crippen LogP contribution in [0.25, 0.3) is 11.3 Å². The lowest BCUT2D eigenvalue weighted by Crippen LogP contribution is -2.11. The molecule has 1 N–H and O–H groups in total. The molecule has 1 atom stereocenters. The third kappa shape index (κ3) is 2.80. The van der Waals surface area contributed by atoms with Gasteiger partial charge in [-0.15, -0.1) is 11.3 Å². The molecule has 1 heterocycles. The Kier molecular flexibility index (Phi) is 3.92. The SMILES string of the molecule is CNC(C)c1sc(C)nc1-c1cccc([N+](=O)[O-])c1. The maximum Gasteiger partial charge on any atom is 0.270 e. The molecule has 0 saturated heterocycles. The second kappa shape index (κ2) is 5.46. The van der Waals surface area contributed by atoms with E-state index in [1.807, 2.05) is 27.0 Å². The Labute approximate surface area is 115 Å². The van der Waals surface area contributed by atoms with Crippen LogP contribution in [0.15, 0.2) is 24.3 Å². The van der Waals surface area contributed by atoms with E-state index in [0.29, 0.717) is 0 Å². The summed E-state index contributed by atoms with van der Waals surface area (Å²) in [4.78, 5) is 16.1. The van der Waals surface area contributed by atoms with E-state index in [0.717, 1.165) is 21.1 Å². The van der Waals surface area contributed by atoms with Crippen LogP contribution < -0.4 is 5.32 Å². The molecule has 0 aliphatic carbocycles. The first-order valence-electron chi connectivity index (χ1n) is 5.92. The molecule has 0 aliphatic heterocycles. The normalized spacial score (nSPS) is 12.4. The standard InChI is InChI=1S/C13H15N3O2S/c1-8(14-3)13-12(15-9(2)19-13)10-5-4-6-11(7-10)16(17)18/h4-8,14H,1-3H3. The van der Waals surface area contributed by atoms with Crippen molar-refractivity contribution in [3.05, 3.63) is 44.3 Å². The molecule has 0 amide bonds. The Morgan fingerprint density at radius 1 is 1.47 bits per heavy atom. The van der Waals surface area contributed by atoms with Crippen molar-refractivity contribution in [2.24, 2.45) is 0 Å². The Morgan fingerprint density at radius 2 is 2.21 bits per heavy atom. The van der Waals surface area contributed by atoms with Crippen molar-refractivity contribution in [2.75, 3.05) is 7.05 Å². The highest BCUT2D eigenvalue weighted by Gasteiger charge is 2.17. The quantitative estimate of drug-likeness (QED) is 0.687. The molecule has 2 aromatic rings. The fourth-order valence-corrected chi connectivity index (χ4v) is 2.85. The van der Waals surface area contributed by atoms with Crippen LogP contribution in [-0.2, 0) is 0 Å². The maximum absolute atomic E-state index is 10.8. The van der Waals surface area contributed by atoms with E-state index in [1.165, 1.54) is 6.07 Å². The highest BCUT2D eigenvalue weighted by molar-refractivity contribution is 7.12. The first-order chi connectivity index (χ1) is 9.02. The molecular weight excluding hydrogens is 262 g/mol. The van der Waals surface area contributed by atoms with E-state index in [9.17, 15) is 10.1 Å². The maximum atomic E-state index is 10.8. The molecule has 0 fully saturated rings. The zero-order chi connectivity index (χ0) is 14.0. The summed E-state index contributed by atoms with van der Waals surface area (Å²) < 4.78 is 0. The number of hydrogen-bond donors (Lipinski definition) is 1. The zero-order valence-electron chi connectivity index (χ0n) is 11.0. The first-order valence-corrected chi connectivity index (χ1v) is 6.74. The van der Waals surface area contributed by atoms with Crippen molar-refractivity contribution in [3.63, 3.8) is 0 Å². The second-order valence-corrected chi connectivity index (χ2v) is 5.50. The van der Waals surface area contributed by atoms with Gasteiger partial charge in [0.2, 0.25) is 0 Å². The lowest BCUT2D eigenvalue weighted by atomic mass is 10.1. The van der Waals surface area contributed by atoms with Gasteiger partial charge in [-0.3, -0.25) is 10.1 Å². The topological polar surface area (TPSA) is 68.1 Å². The van der Waals surface area contributed by atoms with Gasteiger partial charge in [0.1, 0.15) is 0 Å². The molecule has 0 aliphatic rings. The van der Waals surface area contributed by atoms with E-state index in [1.54, 1.807) is 23.5 Å². The predicted molar refractivity (Wildman–Crippen MR) is 76.4 cm³/mol. The molecule has 0 radical (unpaired) electrons. The van der Waals surface area contributed by atoms with Crippen LogP contribution in [0, 0.1) is 17.0 Å². The van der Waals surface area contributed by atoms with Gasteiger partial charge in [0.15, 0.2) is 0 Å². The number of aromatic nitrogens is 1. The number of benzene rings is 1. The van der Waals surface area contributed by atoms with Crippen LogP contribution in [0.2, 0.25) is 0 Å². The smallest absolute Gasteiger partial charge is 0.270 e. The van der Waals surface area contributed by atoms with Crippen molar-refractivity contribution in [2.45, 2.75) is 19.9 Å². The number of non-ortho nitro benzene ring substituents is 1. The average molecular weight is 277 g/mol. The number of nitro benzene ring substituents is 1. The summed E-state index contributed by atoms with van der Waals surface area (Å²) in [6, 6.07) is 6.77. The van der Waals surface area contributed by atoms with Gasteiger partial charge in [-0.2, -0.15) is 0 Å². The van der Waals surface area contributed by atoms with Gasteiger partial charge < -0.3 is 5.32 Å². The zero-order valence-corrected chi connectivity index (χ0v) is 11.8. The van der Waals surface area contributed by atoms with Crippen molar-refractivity contribution in [1.82, 2.24) is 10.3 Å². The van der Waals surface area contributed by atoms with Crippen LogP contribution in [0.4, 0.5) is 5.69 Å². The number of nitrogens with zero attached hydrogens (tertiary/aromatic N) is 2. The molecule has 0 spiro atoms. The molecule has 1 unspecified atom stereocenters. The largest absolute Gasteiger partial charge is 0.312 e. The van der Waals surface area contributed by atoms with Crippen LogP contribution in [0.3, 0.4) is 0 Å². The van der Waals surface area contributed by atoms with Crippen molar-refractivity contribution in [1.29, 1.82) is 0 Å². The number of nitrogens with one attached hydrogen (secondary N) is 1. The molecular formula is C13H15N3O2S. The van der Waals surface area contributed by atoms with E-state index in [-0.39, 0.29) is 16.7 Å². The summed E-state index contributed by atoms with van der Waals surface area (Å²) in [5.41, 5.74) is 1.70. The minimum absolute atomic E-state index is 0.0891. The minimum atomic E-state index is -0.385. The van der Waals surface area contributed by atoms with E-state index in [2.05, 4.69) is 10.3 Å². The van der Waals surface area contributed by atoms with Gasteiger partial charge in [0.25, 0.3) is 5.69 Å². The summed E-state index contributed by atoms with van der Waals surface area (Å²) >= 11 is 1.61. The molecule has 5 nitrogen and oxygen atoms in total. The summed E-state index contributed by atoms with van der Waals surface area (Å²) in [7, 11) is 1.89. The summed E-state index contributed by atoms with van der Waals surface area (Å²) in [6.07, 6.45) is 0. The second-order valence-electron chi connectivity index (χ2n) is 4.26. The van der Waals surface area contributed by atoms with Crippen LogP contribution in [0.5, 0.6) is 0 Å². The highest BCUT2D eigenvalue weighted by atomic mass is 32.1. The minimum Gasteiger partial charge on any atom is -0.312 e. The Hall–Kier alpha value is -1.79. The molecule has 2 rings (SSSR count). The van der Waals surface area contributed by atoms with Gasteiger partial charge in [-0.05, 0) is 20.9 Å². The fraction of sp³-hybridized carbons (Fsp3) is 0.308. The summed E-state index contributed by atoms with van der Waals surface area (Å²) in [6.45, 7) is 3.99. The molecule has 1 aromatic carbocycles. The Balaban J connectivity index is 2.52. The van der Waals surface area contributed by atoms with E-state index in [4.69, 9.17) is 0 Å².